The van der Waals surface area contributed by atoms with Crippen LogP contribution >= 0.6 is 0 Å². The number of nitrogens with one attached hydrogen (secondary N) is 1. The first kappa shape index (κ1) is 13.2. The van der Waals surface area contributed by atoms with Gasteiger partial charge in [0.2, 0.25) is 0 Å². The van der Waals surface area contributed by atoms with Crippen molar-refractivity contribution in [3.63, 3.8) is 0 Å². The van der Waals surface area contributed by atoms with Crippen LogP contribution in [-0.4, -0.2) is 19.1 Å². The fourth-order valence-corrected chi connectivity index (χ4v) is 1.28. The monoisotopic (exact) mass is 237 g/mol. The van der Waals surface area contributed by atoms with Crippen LogP contribution in [0, 0.1) is 12.7 Å². The van der Waals surface area contributed by atoms with Gasteiger partial charge in [0.1, 0.15) is 5.82 Å². The molecule has 0 fully saturated rings. The number of anilines is 1. The van der Waals surface area contributed by atoms with E-state index in [-0.39, 0.29) is 17.9 Å². The highest BCUT2D eigenvalue weighted by Gasteiger charge is 2.08. The van der Waals surface area contributed by atoms with Gasteiger partial charge in [0, 0.05) is 12.1 Å². The van der Waals surface area contributed by atoms with Gasteiger partial charge < -0.3 is 10.1 Å². The summed E-state index contributed by atoms with van der Waals surface area (Å²) in [6.07, 6.45) is 0. The van der Waals surface area contributed by atoms with Crippen molar-refractivity contribution in [3.05, 3.63) is 41.7 Å². The molecule has 0 aromatic heterocycles. The topological polar surface area (TPSA) is 38.3 Å². The molecule has 0 unspecified atom stereocenters. The first-order valence-corrected chi connectivity index (χ1v) is 5.39. The Labute approximate surface area is 100 Å². The standard InChI is InChI=1S/C13H16FNO2/c1-4-17-13(16)10(3)8-15-12-7-9(2)5-6-11(12)14/h5-7,15H,3-4,8H2,1-2H3. The van der Waals surface area contributed by atoms with Crippen molar-refractivity contribution in [1.82, 2.24) is 0 Å². The van der Waals surface area contributed by atoms with Crippen LogP contribution in [0.4, 0.5) is 10.1 Å². The highest BCUT2D eigenvalue weighted by molar-refractivity contribution is 5.88. The lowest BCUT2D eigenvalue weighted by molar-refractivity contribution is -0.138. The van der Waals surface area contributed by atoms with Crippen LogP contribution in [0.1, 0.15) is 12.5 Å². The molecule has 1 aromatic rings. The summed E-state index contributed by atoms with van der Waals surface area (Å²) in [5, 5.41) is 2.82. The number of aryl methyl sites for hydroxylation is 1. The van der Waals surface area contributed by atoms with E-state index >= 15 is 0 Å². The Bertz CT molecular complexity index is 429. The van der Waals surface area contributed by atoms with Crippen LogP contribution in [0.3, 0.4) is 0 Å². The number of ether oxygens (including phenoxy) is 1. The molecule has 0 aliphatic carbocycles. The Kier molecular flexibility index (Phi) is 4.69. The van der Waals surface area contributed by atoms with E-state index in [9.17, 15) is 9.18 Å². The van der Waals surface area contributed by atoms with Gasteiger partial charge in [-0.2, -0.15) is 0 Å². The van der Waals surface area contributed by atoms with E-state index in [1.807, 2.05) is 6.92 Å². The smallest absolute Gasteiger partial charge is 0.335 e. The summed E-state index contributed by atoms with van der Waals surface area (Å²) >= 11 is 0. The number of benzene rings is 1. The van der Waals surface area contributed by atoms with E-state index in [0.29, 0.717) is 12.3 Å². The summed E-state index contributed by atoms with van der Waals surface area (Å²) < 4.78 is 18.1. The zero-order valence-electron chi connectivity index (χ0n) is 10.0. The molecule has 4 heteroatoms. The van der Waals surface area contributed by atoms with Gasteiger partial charge in [-0.25, -0.2) is 9.18 Å². The van der Waals surface area contributed by atoms with Gasteiger partial charge in [-0.3, -0.25) is 0 Å². The predicted octanol–water partition coefficient (Wildman–Crippen LogP) is 2.67. The fraction of sp³-hybridized carbons (Fsp3) is 0.308. The molecule has 0 atom stereocenters. The second-order valence-corrected chi connectivity index (χ2v) is 3.66. The lowest BCUT2D eigenvalue weighted by Crippen LogP contribution is -2.15. The minimum absolute atomic E-state index is 0.166. The summed E-state index contributed by atoms with van der Waals surface area (Å²) in [7, 11) is 0. The molecule has 17 heavy (non-hydrogen) atoms. The maximum Gasteiger partial charge on any atom is 0.335 e. The highest BCUT2D eigenvalue weighted by atomic mass is 19.1. The van der Waals surface area contributed by atoms with Gasteiger partial charge >= 0.3 is 5.97 Å². The zero-order valence-corrected chi connectivity index (χ0v) is 10.0. The first-order chi connectivity index (χ1) is 8.04. The zero-order chi connectivity index (χ0) is 12.8. The van der Waals surface area contributed by atoms with E-state index in [2.05, 4.69) is 11.9 Å². The van der Waals surface area contributed by atoms with E-state index in [1.165, 1.54) is 6.07 Å². The second-order valence-electron chi connectivity index (χ2n) is 3.66. The number of rotatable bonds is 5. The van der Waals surface area contributed by atoms with Crippen molar-refractivity contribution in [2.45, 2.75) is 13.8 Å². The van der Waals surface area contributed by atoms with Crippen molar-refractivity contribution in [1.29, 1.82) is 0 Å². The lowest BCUT2D eigenvalue weighted by Gasteiger charge is -2.09. The molecule has 1 aromatic carbocycles. The summed E-state index contributed by atoms with van der Waals surface area (Å²) in [6.45, 7) is 7.64. The third-order valence-corrected chi connectivity index (χ3v) is 2.18. The number of halogens is 1. The molecule has 0 bridgehead atoms. The quantitative estimate of drug-likeness (QED) is 0.632. The van der Waals surface area contributed by atoms with Gasteiger partial charge in [0.05, 0.1) is 12.3 Å². The number of carbonyl (C=O) groups excluding carboxylic acids is 1. The highest BCUT2D eigenvalue weighted by Crippen LogP contribution is 2.15. The van der Waals surface area contributed by atoms with Crippen LogP contribution in [0.2, 0.25) is 0 Å². The van der Waals surface area contributed by atoms with Crippen LogP contribution in [0.5, 0.6) is 0 Å². The molecular formula is C13H16FNO2. The molecule has 0 spiro atoms. The van der Waals surface area contributed by atoms with E-state index in [0.717, 1.165) is 5.56 Å². The third kappa shape index (κ3) is 3.90. The second kappa shape index (κ2) is 6.03. The molecular weight excluding hydrogens is 221 g/mol. The van der Waals surface area contributed by atoms with Crippen LogP contribution in [0.25, 0.3) is 0 Å². The first-order valence-electron chi connectivity index (χ1n) is 5.39. The summed E-state index contributed by atoms with van der Waals surface area (Å²) in [5.74, 6) is -0.819. The number of esters is 1. The fourth-order valence-electron chi connectivity index (χ4n) is 1.28. The summed E-state index contributed by atoms with van der Waals surface area (Å²) in [5.41, 5.74) is 1.57. The van der Waals surface area contributed by atoms with Gasteiger partial charge in [0.15, 0.2) is 0 Å². The summed E-state index contributed by atoms with van der Waals surface area (Å²) in [6, 6.07) is 4.74. The van der Waals surface area contributed by atoms with E-state index in [4.69, 9.17) is 4.74 Å². The van der Waals surface area contributed by atoms with Gasteiger partial charge in [-0.15, -0.1) is 0 Å². The molecule has 3 nitrogen and oxygen atoms in total. The van der Waals surface area contributed by atoms with Crippen LogP contribution in [-0.2, 0) is 9.53 Å². The van der Waals surface area contributed by atoms with Crippen molar-refractivity contribution < 1.29 is 13.9 Å². The van der Waals surface area contributed by atoms with E-state index in [1.54, 1.807) is 19.1 Å². The van der Waals surface area contributed by atoms with E-state index < -0.39 is 5.97 Å². The molecule has 0 radical (unpaired) electrons. The summed E-state index contributed by atoms with van der Waals surface area (Å²) in [4.78, 5) is 11.3. The Morgan fingerprint density at radius 1 is 1.53 bits per heavy atom. The van der Waals surface area contributed by atoms with Gasteiger partial charge in [-0.1, -0.05) is 12.6 Å². The number of carbonyl (C=O) groups is 1. The van der Waals surface area contributed by atoms with Gasteiger partial charge in [0.25, 0.3) is 0 Å². The number of hydrogen-bond donors (Lipinski definition) is 1. The Balaban J connectivity index is 2.58. The van der Waals surface area contributed by atoms with Crippen molar-refractivity contribution in [3.8, 4) is 0 Å². The number of hydrogen-bond acceptors (Lipinski definition) is 3. The molecule has 0 saturated carbocycles. The Hall–Kier alpha value is -1.84. The average Bonchev–Trinajstić information content (AvgIpc) is 2.30. The predicted molar refractivity (Wildman–Crippen MR) is 65.4 cm³/mol. The molecule has 0 aliphatic rings. The third-order valence-electron chi connectivity index (χ3n) is 2.18. The van der Waals surface area contributed by atoms with Gasteiger partial charge in [-0.05, 0) is 31.5 Å². The Morgan fingerprint density at radius 2 is 2.24 bits per heavy atom. The molecule has 0 heterocycles. The molecule has 0 saturated heterocycles. The largest absolute Gasteiger partial charge is 0.463 e. The van der Waals surface area contributed by atoms with Crippen molar-refractivity contribution in [2.24, 2.45) is 0 Å². The molecule has 1 rings (SSSR count). The average molecular weight is 237 g/mol. The molecule has 1 N–H and O–H groups in total. The maximum absolute atomic E-state index is 13.4. The van der Waals surface area contributed by atoms with Crippen molar-refractivity contribution >= 4 is 11.7 Å². The van der Waals surface area contributed by atoms with Crippen molar-refractivity contribution in [2.75, 3.05) is 18.5 Å². The SMILES string of the molecule is C=C(CNc1cc(C)ccc1F)C(=O)OCC. The molecule has 0 aliphatic heterocycles. The van der Waals surface area contributed by atoms with Crippen LogP contribution < -0.4 is 5.32 Å². The lowest BCUT2D eigenvalue weighted by atomic mass is 10.2. The van der Waals surface area contributed by atoms with Crippen LogP contribution in [0.15, 0.2) is 30.4 Å². The molecule has 0 amide bonds. The minimum Gasteiger partial charge on any atom is -0.463 e. The minimum atomic E-state index is -0.465. The molecule has 92 valence electrons. The normalized spacial score (nSPS) is 9.82. The maximum atomic E-state index is 13.4. The Morgan fingerprint density at radius 3 is 2.88 bits per heavy atom.